The molecule has 1 fully saturated rings. The van der Waals surface area contributed by atoms with Crippen LogP contribution in [0.1, 0.15) is 37.4 Å². The van der Waals surface area contributed by atoms with Crippen molar-refractivity contribution in [2.24, 2.45) is 5.73 Å². The summed E-state index contributed by atoms with van der Waals surface area (Å²) in [6.07, 6.45) is 7.08. The second kappa shape index (κ2) is 5.46. The zero-order valence-electron chi connectivity index (χ0n) is 9.48. The molecule has 16 heavy (non-hydrogen) atoms. The molecular formula is C12H19N3S. The molecule has 0 spiro atoms. The summed E-state index contributed by atoms with van der Waals surface area (Å²) >= 11 is 5.21. The molecule has 0 saturated carbocycles. The number of H-pyrrole nitrogens is 1. The van der Waals surface area contributed by atoms with Crippen molar-refractivity contribution < 1.29 is 0 Å². The molecular weight excluding hydrogens is 218 g/mol. The summed E-state index contributed by atoms with van der Waals surface area (Å²) in [7, 11) is 0. The predicted octanol–water partition coefficient (Wildman–Crippen LogP) is 2.22. The monoisotopic (exact) mass is 237 g/mol. The fraction of sp³-hybridized carbons (Fsp3) is 0.583. The lowest BCUT2D eigenvalue weighted by atomic mass is 10.1. The Balaban J connectivity index is 2.15. The lowest BCUT2D eigenvalue weighted by Crippen LogP contribution is -2.37. The molecule has 0 aromatic carbocycles. The van der Waals surface area contributed by atoms with E-state index in [2.05, 4.69) is 16.0 Å². The van der Waals surface area contributed by atoms with Gasteiger partial charge in [-0.15, -0.1) is 0 Å². The van der Waals surface area contributed by atoms with Gasteiger partial charge in [0.2, 0.25) is 0 Å². The van der Waals surface area contributed by atoms with Gasteiger partial charge in [-0.25, -0.2) is 0 Å². The number of rotatable bonds is 3. The molecule has 1 aromatic heterocycles. The normalized spacial score (nSPS) is 20.2. The Kier molecular flexibility index (Phi) is 3.96. The van der Waals surface area contributed by atoms with Crippen LogP contribution in [-0.4, -0.2) is 28.0 Å². The number of aromatic nitrogens is 1. The molecule has 2 heterocycles. The molecule has 3 N–H and O–H groups in total. The summed E-state index contributed by atoms with van der Waals surface area (Å²) in [6, 6.07) is 4.15. The van der Waals surface area contributed by atoms with Gasteiger partial charge in [-0.05, 0) is 38.1 Å². The minimum atomic E-state index is 0.0862. The molecule has 0 aliphatic carbocycles. The second-order valence-electron chi connectivity index (χ2n) is 4.38. The third kappa shape index (κ3) is 2.62. The third-order valence-electron chi connectivity index (χ3n) is 3.19. The number of nitrogens with two attached hydrogens (primary N) is 1. The first kappa shape index (κ1) is 11.6. The van der Waals surface area contributed by atoms with Crippen molar-refractivity contribution in [2.45, 2.75) is 31.7 Å². The number of nitrogens with one attached hydrogen (secondary N) is 1. The SMILES string of the molecule is NC(=S)C(c1ccc[nH]1)N1CCCCCC1. The first-order valence-electron chi connectivity index (χ1n) is 5.95. The van der Waals surface area contributed by atoms with Crippen LogP contribution >= 0.6 is 12.2 Å². The van der Waals surface area contributed by atoms with Crippen LogP contribution in [-0.2, 0) is 0 Å². The molecule has 4 heteroatoms. The van der Waals surface area contributed by atoms with E-state index in [9.17, 15) is 0 Å². The molecule has 0 bridgehead atoms. The van der Waals surface area contributed by atoms with Crippen molar-refractivity contribution in [1.82, 2.24) is 9.88 Å². The topological polar surface area (TPSA) is 45.1 Å². The number of thiocarbonyl (C=S) groups is 1. The summed E-state index contributed by atoms with van der Waals surface area (Å²) in [6.45, 7) is 2.20. The lowest BCUT2D eigenvalue weighted by molar-refractivity contribution is 0.252. The number of aromatic amines is 1. The summed E-state index contributed by atoms with van der Waals surface area (Å²) in [5.74, 6) is 0. The van der Waals surface area contributed by atoms with Crippen LogP contribution in [0.25, 0.3) is 0 Å². The van der Waals surface area contributed by atoms with Gasteiger partial charge >= 0.3 is 0 Å². The summed E-state index contributed by atoms with van der Waals surface area (Å²) in [4.78, 5) is 6.20. The molecule has 1 unspecified atom stereocenters. The molecule has 1 aromatic rings. The minimum absolute atomic E-state index is 0.0862. The van der Waals surface area contributed by atoms with Crippen LogP contribution in [0.5, 0.6) is 0 Å². The van der Waals surface area contributed by atoms with E-state index in [1.165, 1.54) is 25.7 Å². The third-order valence-corrected chi connectivity index (χ3v) is 3.42. The highest BCUT2D eigenvalue weighted by Crippen LogP contribution is 2.23. The zero-order chi connectivity index (χ0) is 11.4. The first-order chi connectivity index (χ1) is 7.79. The van der Waals surface area contributed by atoms with Crippen LogP contribution in [0.3, 0.4) is 0 Å². The Morgan fingerprint density at radius 2 is 2.00 bits per heavy atom. The summed E-state index contributed by atoms with van der Waals surface area (Å²) in [5, 5.41) is 0. The van der Waals surface area contributed by atoms with Crippen LogP contribution in [0.15, 0.2) is 18.3 Å². The highest BCUT2D eigenvalue weighted by molar-refractivity contribution is 7.80. The van der Waals surface area contributed by atoms with Crippen LogP contribution in [0.2, 0.25) is 0 Å². The fourth-order valence-corrected chi connectivity index (χ4v) is 2.67. The standard InChI is InChI=1S/C12H19N3S/c13-12(16)11(10-6-5-7-14-10)15-8-3-1-2-4-9-15/h5-7,11,14H,1-4,8-9H2,(H2,13,16). The Bertz CT molecular complexity index is 326. The van der Waals surface area contributed by atoms with E-state index >= 15 is 0 Å². The van der Waals surface area contributed by atoms with Gasteiger partial charge in [0.15, 0.2) is 0 Å². The van der Waals surface area contributed by atoms with Gasteiger partial charge in [0.1, 0.15) is 6.04 Å². The van der Waals surface area contributed by atoms with Gasteiger partial charge in [-0.3, -0.25) is 4.90 Å². The van der Waals surface area contributed by atoms with Crippen molar-refractivity contribution in [3.8, 4) is 0 Å². The average Bonchev–Trinajstić information content (AvgIpc) is 2.62. The van der Waals surface area contributed by atoms with Gasteiger partial charge in [-0.2, -0.15) is 0 Å². The maximum absolute atomic E-state index is 5.88. The van der Waals surface area contributed by atoms with E-state index in [4.69, 9.17) is 18.0 Å². The van der Waals surface area contributed by atoms with Gasteiger partial charge in [0, 0.05) is 11.9 Å². The molecule has 1 saturated heterocycles. The number of nitrogens with zero attached hydrogens (tertiary/aromatic N) is 1. The Labute approximate surface area is 102 Å². The van der Waals surface area contributed by atoms with E-state index in [1.807, 2.05) is 12.3 Å². The van der Waals surface area contributed by atoms with E-state index in [0.717, 1.165) is 18.8 Å². The van der Waals surface area contributed by atoms with Crippen molar-refractivity contribution in [3.05, 3.63) is 24.0 Å². The largest absolute Gasteiger partial charge is 0.392 e. The van der Waals surface area contributed by atoms with E-state index in [-0.39, 0.29) is 6.04 Å². The zero-order valence-corrected chi connectivity index (χ0v) is 10.3. The average molecular weight is 237 g/mol. The van der Waals surface area contributed by atoms with Crippen LogP contribution < -0.4 is 5.73 Å². The molecule has 3 nitrogen and oxygen atoms in total. The predicted molar refractivity (Wildman–Crippen MR) is 70.4 cm³/mol. The number of hydrogen-bond acceptors (Lipinski definition) is 2. The highest BCUT2D eigenvalue weighted by atomic mass is 32.1. The molecule has 1 aliphatic rings. The van der Waals surface area contributed by atoms with Crippen LogP contribution in [0.4, 0.5) is 0 Å². The Morgan fingerprint density at radius 1 is 1.31 bits per heavy atom. The quantitative estimate of drug-likeness (QED) is 0.792. The lowest BCUT2D eigenvalue weighted by Gasteiger charge is -2.29. The molecule has 0 amide bonds. The van der Waals surface area contributed by atoms with Crippen molar-refractivity contribution >= 4 is 17.2 Å². The molecule has 0 radical (unpaired) electrons. The molecule has 1 atom stereocenters. The minimum Gasteiger partial charge on any atom is -0.392 e. The van der Waals surface area contributed by atoms with E-state index < -0.39 is 0 Å². The number of likely N-dealkylation sites (tertiary alicyclic amines) is 1. The summed E-state index contributed by atoms with van der Waals surface area (Å²) < 4.78 is 0. The summed E-state index contributed by atoms with van der Waals surface area (Å²) in [5.41, 5.74) is 7.00. The Morgan fingerprint density at radius 3 is 2.50 bits per heavy atom. The van der Waals surface area contributed by atoms with Crippen molar-refractivity contribution in [1.29, 1.82) is 0 Å². The molecule has 1 aliphatic heterocycles. The molecule has 88 valence electrons. The van der Waals surface area contributed by atoms with Crippen LogP contribution in [0, 0.1) is 0 Å². The van der Waals surface area contributed by atoms with Gasteiger partial charge in [0.05, 0.1) is 4.99 Å². The Hall–Kier alpha value is -0.870. The van der Waals surface area contributed by atoms with Crippen molar-refractivity contribution in [2.75, 3.05) is 13.1 Å². The molecule has 2 rings (SSSR count). The maximum atomic E-state index is 5.88. The maximum Gasteiger partial charge on any atom is 0.101 e. The van der Waals surface area contributed by atoms with Gasteiger partial charge in [-0.1, -0.05) is 25.1 Å². The van der Waals surface area contributed by atoms with Gasteiger partial charge in [0.25, 0.3) is 0 Å². The van der Waals surface area contributed by atoms with E-state index in [1.54, 1.807) is 0 Å². The fourth-order valence-electron chi connectivity index (χ4n) is 2.40. The highest BCUT2D eigenvalue weighted by Gasteiger charge is 2.24. The second-order valence-corrected chi connectivity index (χ2v) is 4.85. The first-order valence-corrected chi connectivity index (χ1v) is 6.36. The van der Waals surface area contributed by atoms with Gasteiger partial charge < -0.3 is 10.7 Å². The number of hydrogen-bond donors (Lipinski definition) is 2. The smallest absolute Gasteiger partial charge is 0.101 e. The van der Waals surface area contributed by atoms with Crippen molar-refractivity contribution in [3.63, 3.8) is 0 Å². The van der Waals surface area contributed by atoms with E-state index in [0.29, 0.717) is 4.99 Å².